The Morgan fingerprint density at radius 1 is 1.14 bits per heavy atom. The van der Waals surface area contributed by atoms with E-state index in [9.17, 15) is 9.18 Å². The van der Waals surface area contributed by atoms with Crippen LogP contribution < -0.4 is 14.9 Å². The van der Waals surface area contributed by atoms with Gasteiger partial charge >= 0.3 is 0 Å². The molecule has 3 rings (SSSR count). The minimum Gasteiger partial charge on any atom is -0.493 e. The molecule has 1 N–H and O–H groups in total. The van der Waals surface area contributed by atoms with Gasteiger partial charge in [-0.2, -0.15) is 5.10 Å². The molecule has 7 heteroatoms. The van der Waals surface area contributed by atoms with Gasteiger partial charge in [-0.15, -0.1) is 0 Å². The first-order chi connectivity index (χ1) is 14.1. The molecule has 0 unspecified atom stereocenters. The number of nitrogens with one attached hydrogen (secondary N) is 1. The van der Waals surface area contributed by atoms with Gasteiger partial charge in [0.05, 0.1) is 17.8 Å². The summed E-state index contributed by atoms with van der Waals surface area (Å²) in [4.78, 5) is 12.0. The van der Waals surface area contributed by atoms with Crippen LogP contribution in [0, 0.1) is 5.82 Å². The van der Waals surface area contributed by atoms with Crippen LogP contribution >= 0.6 is 15.9 Å². The van der Waals surface area contributed by atoms with E-state index in [2.05, 4.69) is 26.5 Å². The van der Waals surface area contributed by atoms with Crippen LogP contribution in [0.4, 0.5) is 4.39 Å². The third-order valence-electron chi connectivity index (χ3n) is 4.00. The molecule has 0 fully saturated rings. The molecule has 0 aliphatic carbocycles. The van der Waals surface area contributed by atoms with Crippen LogP contribution in [0.3, 0.4) is 0 Å². The number of hydrazone groups is 1. The molecule has 3 aromatic rings. The predicted octanol–water partition coefficient (Wildman–Crippen LogP) is 4.94. The highest BCUT2D eigenvalue weighted by molar-refractivity contribution is 9.10. The summed E-state index contributed by atoms with van der Waals surface area (Å²) in [5, 5.41) is 3.98. The zero-order valence-electron chi connectivity index (χ0n) is 15.6. The molecule has 0 radical (unpaired) electrons. The lowest BCUT2D eigenvalue weighted by molar-refractivity contribution is 0.0955. The Kier molecular flexibility index (Phi) is 6.97. The molecule has 0 aliphatic heterocycles. The van der Waals surface area contributed by atoms with Crippen molar-refractivity contribution in [3.8, 4) is 11.5 Å². The van der Waals surface area contributed by atoms with E-state index in [1.165, 1.54) is 19.4 Å². The molecule has 0 heterocycles. The lowest BCUT2D eigenvalue weighted by Crippen LogP contribution is -2.17. The predicted molar refractivity (Wildman–Crippen MR) is 113 cm³/mol. The van der Waals surface area contributed by atoms with E-state index in [0.29, 0.717) is 32.7 Å². The number of nitrogens with zero attached hydrogens (tertiary/aromatic N) is 1. The maximum atomic E-state index is 13.8. The maximum absolute atomic E-state index is 13.8. The van der Waals surface area contributed by atoms with Crippen LogP contribution in [0.5, 0.6) is 11.5 Å². The van der Waals surface area contributed by atoms with Crippen molar-refractivity contribution < 1.29 is 18.7 Å². The number of ether oxygens (including phenoxy) is 2. The molecule has 148 valence electrons. The fraction of sp³-hybridized carbons (Fsp3) is 0.0909. The largest absolute Gasteiger partial charge is 0.493 e. The Hall–Kier alpha value is -3.19. The first-order valence-electron chi connectivity index (χ1n) is 8.70. The van der Waals surface area contributed by atoms with Gasteiger partial charge in [-0.3, -0.25) is 4.79 Å². The standard InChI is InChI=1S/C22H18BrFN2O3/c1-28-20-12-15(13-25-26-22(27)16-7-3-2-4-8-16)11-18(23)21(20)29-14-17-9-5-6-10-19(17)24/h2-13H,14H2,1H3,(H,26,27)/b25-13-. The van der Waals surface area contributed by atoms with Crippen LogP contribution in [-0.2, 0) is 6.61 Å². The lowest BCUT2D eigenvalue weighted by atomic mass is 10.2. The fourth-order valence-electron chi connectivity index (χ4n) is 2.54. The fourth-order valence-corrected chi connectivity index (χ4v) is 3.11. The molecular formula is C22H18BrFN2O3. The van der Waals surface area contributed by atoms with Crippen LogP contribution in [0.2, 0.25) is 0 Å². The number of carbonyl (C=O) groups is 1. The van der Waals surface area contributed by atoms with Gasteiger partial charge in [-0.05, 0) is 51.8 Å². The maximum Gasteiger partial charge on any atom is 0.271 e. The van der Waals surface area contributed by atoms with Crippen LogP contribution in [0.1, 0.15) is 21.5 Å². The molecule has 0 aromatic heterocycles. The van der Waals surface area contributed by atoms with E-state index in [-0.39, 0.29) is 18.3 Å². The van der Waals surface area contributed by atoms with Crippen molar-refractivity contribution in [3.63, 3.8) is 0 Å². The number of amides is 1. The van der Waals surface area contributed by atoms with Gasteiger partial charge in [-0.1, -0.05) is 36.4 Å². The van der Waals surface area contributed by atoms with E-state index >= 15 is 0 Å². The molecule has 0 aliphatic rings. The van der Waals surface area contributed by atoms with Gasteiger partial charge in [0.2, 0.25) is 0 Å². The summed E-state index contributed by atoms with van der Waals surface area (Å²) in [6.07, 6.45) is 1.49. The lowest BCUT2D eigenvalue weighted by Gasteiger charge is -2.14. The van der Waals surface area contributed by atoms with Crippen molar-refractivity contribution >= 4 is 28.1 Å². The molecule has 0 spiro atoms. The van der Waals surface area contributed by atoms with Gasteiger partial charge in [-0.25, -0.2) is 9.82 Å². The van der Waals surface area contributed by atoms with Gasteiger partial charge in [0.15, 0.2) is 11.5 Å². The SMILES string of the molecule is COc1cc(/C=N\NC(=O)c2ccccc2)cc(Br)c1OCc1ccccc1F. The number of rotatable bonds is 7. The molecule has 1 amide bonds. The normalized spacial score (nSPS) is 10.7. The van der Waals surface area contributed by atoms with E-state index in [1.54, 1.807) is 54.6 Å². The summed E-state index contributed by atoms with van der Waals surface area (Å²) in [6, 6.07) is 18.7. The third kappa shape index (κ3) is 5.42. The molecule has 29 heavy (non-hydrogen) atoms. The molecule has 0 atom stereocenters. The average Bonchev–Trinajstić information content (AvgIpc) is 2.74. The molecule has 0 bridgehead atoms. The number of hydrogen-bond donors (Lipinski definition) is 1. The van der Waals surface area contributed by atoms with Crippen molar-refractivity contribution in [2.45, 2.75) is 6.61 Å². The molecule has 5 nitrogen and oxygen atoms in total. The Morgan fingerprint density at radius 2 is 1.86 bits per heavy atom. The van der Waals surface area contributed by atoms with Crippen molar-refractivity contribution in [3.05, 3.63) is 93.7 Å². The minimum atomic E-state index is -0.333. The zero-order chi connectivity index (χ0) is 20.6. The number of carbonyl (C=O) groups excluding carboxylic acids is 1. The van der Waals surface area contributed by atoms with Crippen molar-refractivity contribution in [2.24, 2.45) is 5.10 Å². The van der Waals surface area contributed by atoms with Gasteiger partial charge in [0.25, 0.3) is 5.91 Å². The monoisotopic (exact) mass is 456 g/mol. The van der Waals surface area contributed by atoms with Gasteiger partial charge < -0.3 is 9.47 Å². The topological polar surface area (TPSA) is 59.9 Å². The Balaban J connectivity index is 1.70. The highest BCUT2D eigenvalue weighted by Crippen LogP contribution is 2.37. The zero-order valence-corrected chi connectivity index (χ0v) is 17.1. The van der Waals surface area contributed by atoms with Crippen molar-refractivity contribution in [1.29, 1.82) is 0 Å². The summed E-state index contributed by atoms with van der Waals surface area (Å²) in [5.74, 6) is 0.256. The summed E-state index contributed by atoms with van der Waals surface area (Å²) in [7, 11) is 1.51. The molecule has 3 aromatic carbocycles. The Labute approximate surface area is 176 Å². The molecule has 0 saturated carbocycles. The van der Waals surface area contributed by atoms with E-state index in [0.717, 1.165) is 0 Å². The van der Waals surface area contributed by atoms with E-state index in [4.69, 9.17) is 9.47 Å². The first-order valence-corrected chi connectivity index (χ1v) is 9.50. The Morgan fingerprint density at radius 3 is 2.59 bits per heavy atom. The summed E-state index contributed by atoms with van der Waals surface area (Å²) in [6.45, 7) is 0.0577. The highest BCUT2D eigenvalue weighted by atomic mass is 79.9. The molecular weight excluding hydrogens is 439 g/mol. The second-order valence-corrected chi connectivity index (χ2v) is 6.83. The smallest absolute Gasteiger partial charge is 0.271 e. The van der Waals surface area contributed by atoms with Crippen LogP contribution in [-0.4, -0.2) is 19.2 Å². The minimum absolute atomic E-state index is 0.0577. The number of benzene rings is 3. The second kappa shape index (κ2) is 9.84. The summed E-state index contributed by atoms with van der Waals surface area (Å²) >= 11 is 3.44. The van der Waals surface area contributed by atoms with Crippen molar-refractivity contribution in [2.75, 3.05) is 7.11 Å². The summed E-state index contributed by atoms with van der Waals surface area (Å²) in [5.41, 5.74) is 4.11. The number of halogens is 2. The van der Waals surface area contributed by atoms with Crippen LogP contribution in [0.15, 0.2) is 76.3 Å². The third-order valence-corrected chi connectivity index (χ3v) is 4.59. The second-order valence-electron chi connectivity index (χ2n) is 5.98. The first kappa shape index (κ1) is 20.5. The van der Waals surface area contributed by atoms with E-state index in [1.807, 2.05) is 6.07 Å². The van der Waals surface area contributed by atoms with Crippen molar-refractivity contribution in [1.82, 2.24) is 5.43 Å². The van der Waals surface area contributed by atoms with Gasteiger partial charge in [0, 0.05) is 11.1 Å². The Bertz CT molecular complexity index is 1030. The van der Waals surface area contributed by atoms with E-state index < -0.39 is 0 Å². The van der Waals surface area contributed by atoms with Crippen LogP contribution in [0.25, 0.3) is 0 Å². The highest BCUT2D eigenvalue weighted by Gasteiger charge is 2.13. The number of hydrogen-bond acceptors (Lipinski definition) is 4. The van der Waals surface area contributed by atoms with Gasteiger partial charge in [0.1, 0.15) is 12.4 Å². The summed E-state index contributed by atoms with van der Waals surface area (Å²) < 4.78 is 25.5. The molecule has 0 saturated heterocycles. The average molecular weight is 457 g/mol. The number of methoxy groups -OCH3 is 1. The quantitative estimate of drug-likeness (QED) is 0.404.